The van der Waals surface area contributed by atoms with E-state index in [-0.39, 0.29) is 12.0 Å². The summed E-state index contributed by atoms with van der Waals surface area (Å²) < 4.78 is 5.90. The van der Waals surface area contributed by atoms with Crippen LogP contribution in [0.5, 0.6) is 5.75 Å². The van der Waals surface area contributed by atoms with Crippen molar-refractivity contribution in [3.05, 3.63) is 29.3 Å². The molecule has 1 heterocycles. The van der Waals surface area contributed by atoms with Crippen molar-refractivity contribution in [2.45, 2.75) is 58.0 Å². The smallest absolute Gasteiger partial charge is 0.263 e. The Balaban J connectivity index is 1.62. The van der Waals surface area contributed by atoms with Crippen LogP contribution in [0.2, 0.25) is 0 Å². The fraction of sp³-hybridized carbons (Fsp3) is 0.611. The molecule has 0 bridgehead atoms. The zero-order chi connectivity index (χ0) is 14.7. The van der Waals surface area contributed by atoms with Crippen LogP contribution in [0.25, 0.3) is 0 Å². The maximum absolute atomic E-state index is 12.5. The number of hydrogen-bond acceptors (Lipinski definition) is 2. The van der Waals surface area contributed by atoms with E-state index >= 15 is 0 Å². The number of benzene rings is 1. The first-order chi connectivity index (χ1) is 10.2. The Labute approximate surface area is 127 Å². The highest BCUT2D eigenvalue weighted by atomic mass is 16.5. The van der Waals surface area contributed by atoms with Gasteiger partial charge in [0, 0.05) is 13.1 Å². The molecule has 3 nitrogen and oxygen atoms in total. The number of nitrogens with zero attached hydrogens (tertiary/aromatic N) is 1. The molecule has 0 radical (unpaired) electrons. The van der Waals surface area contributed by atoms with E-state index in [1.807, 2.05) is 17.9 Å². The molecular weight excluding hydrogens is 262 g/mol. The first-order valence-corrected chi connectivity index (χ1v) is 8.31. The molecule has 1 amide bonds. The van der Waals surface area contributed by atoms with Crippen LogP contribution in [0, 0.1) is 0 Å². The minimum atomic E-state index is -0.387. The van der Waals surface area contributed by atoms with E-state index in [9.17, 15) is 4.79 Å². The number of fused-ring (bicyclic) bond motifs is 1. The maximum Gasteiger partial charge on any atom is 0.263 e. The molecule has 21 heavy (non-hydrogen) atoms. The van der Waals surface area contributed by atoms with E-state index < -0.39 is 0 Å². The summed E-state index contributed by atoms with van der Waals surface area (Å²) in [6, 6.07) is 6.28. The van der Waals surface area contributed by atoms with Crippen molar-refractivity contribution in [3.8, 4) is 5.75 Å². The van der Waals surface area contributed by atoms with Crippen LogP contribution < -0.4 is 4.74 Å². The van der Waals surface area contributed by atoms with Gasteiger partial charge in [-0.15, -0.1) is 0 Å². The minimum absolute atomic E-state index is 0.136. The summed E-state index contributed by atoms with van der Waals surface area (Å²) in [5, 5.41) is 0. The van der Waals surface area contributed by atoms with Gasteiger partial charge in [0.05, 0.1) is 0 Å². The third kappa shape index (κ3) is 3.39. The second-order valence-electron chi connectivity index (χ2n) is 6.28. The molecule has 1 aliphatic carbocycles. The molecule has 114 valence electrons. The number of hydrogen-bond donors (Lipinski definition) is 0. The van der Waals surface area contributed by atoms with Gasteiger partial charge in [-0.2, -0.15) is 0 Å². The Morgan fingerprint density at radius 3 is 2.52 bits per heavy atom. The fourth-order valence-corrected chi connectivity index (χ4v) is 3.42. The van der Waals surface area contributed by atoms with Crippen molar-refractivity contribution in [2.24, 2.45) is 0 Å². The number of rotatable bonds is 3. The number of ether oxygens (including phenoxy) is 1. The number of aryl methyl sites for hydroxylation is 2. The lowest BCUT2D eigenvalue weighted by molar-refractivity contribution is -0.137. The molecule has 1 aliphatic heterocycles. The van der Waals surface area contributed by atoms with Gasteiger partial charge in [0.2, 0.25) is 0 Å². The summed E-state index contributed by atoms with van der Waals surface area (Å²) >= 11 is 0. The van der Waals surface area contributed by atoms with Crippen LogP contribution >= 0.6 is 0 Å². The minimum Gasteiger partial charge on any atom is -0.481 e. The van der Waals surface area contributed by atoms with Crippen molar-refractivity contribution < 1.29 is 9.53 Å². The van der Waals surface area contributed by atoms with Gasteiger partial charge < -0.3 is 9.64 Å². The largest absolute Gasteiger partial charge is 0.481 e. The third-order valence-corrected chi connectivity index (χ3v) is 4.65. The van der Waals surface area contributed by atoms with Gasteiger partial charge in [-0.25, -0.2) is 0 Å². The Morgan fingerprint density at radius 1 is 1.05 bits per heavy atom. The van der Waals surface area contributed by atoms with Gasteiger partial charge in [0.25, 0.3) is 5.91 Å². The molecule has 1 saturated heterocycles. The van der Waals surface area contributed by atoms with Crippen LogP contribution in [0.1, 0.15) is 50.2 Å². The summed E-state index contributed by atoms with van der Waals surface area (Å²) in [4.78, 5) is 14.5. The van der Waals surface area contributed by atoms with Crippen molar-refractivity contribution in [1.82, 2.24) is 4.90 Å². The van der Waals surface area contributed by atoms with E-state index in [0.29, 0.717) is 0 Å². The second-order valence-corrected chi connectivity index (χ2v) is 6.28. The first-order valence-electron chi connectivity index (χ1n) is 8.31. The Kier molecular flexibility index (Phi) is 4.47. The summed E-state index contributed by atoms with van der Waals surface area (Å²) in [6.07, 6.45) is 7.89. The second kappa shape index (κ2) is 6.50. The van der Waals surface area contributed by atoms with Gasteiger partial charge in [-0.05, 0) is 62.3 Å². The predicted octanol–water partition coefficient (Wildman–Crippen LogP) is 3.35. The van der Waals surface area contributed by atoms with E-state index in [0.717, 1.165) is 38.1 Å². The molecular formula is C18H25NO2. The third-order valence-electron chi connectivity index (χ3n) is 4.65. The summed E-state index contributed by atoms with van der Waals surface area (Å²) in [5.41, 5.74) is 2.83. The molecule has 3 heteroatoms. The van der Waals surface area contributed by atoms with Crippen LogP contribution in [0.15, 0.2) is 18.2 Å². The average molecular weight is 287 g/mol. The van der Waals surface area contributed by atoms with Crippen molar-refractivity contribution in [3.63, 3.8) is 0 Å². The molecule has 1 aromatic rings. The topological polar surface area (TPSA) is 29.5 Å². The molecule has 0 saturated carbocycles. The molecule has 0 aromatic heterocycles. The first kappa shape index (κ1) is 14.4. The molecule has 3 rings (SSSR count). The predicted molar refractivity (Wildman–Crippen MR) is 83.6 cm³/mol. The molecule has 2 aliphatic rings. The lowest BCUT2D eigenvalue weighted by Crippen LogP contribution is -2.41. The molecule has 1 atom stereocenters. The SMILES string of the molecule is C[C@@H](Oc1ccc2c(c1)CCC2)C(=O)N1CCCCCC1. The van der Waals surface area contributed by atoms with Crippen LogP contribution in [0.3, 0.4) is 0 Å². The van der Waals surface area contributed by atoms with Gasteiger partial charge >= 0.3 is 0 Å². The number of amides is 1. The summed E-state index contributed by atoms with van der Waals surface area (Å²) in [6.45, 7) is 3.65. The van der Waals surface area contributed by atoms with Gasteiger partial charge in [0.1, 0.15) is 5.75 Å². The molecule has 0 unspecified atom stereocenters. The monoisotopic (exact) mass is 287 g/mol. The molecule has 1 aromatic carbocycles. The zero-order valence-corrected chi connectivity index (χ0v) is 12.9. The quantitative estimate of drug-likeness (QED) is 0.853. The van der Waals surface area contributed by atoms with Gasteiger partial charge in [-0.1, -0.05) is 18.9 Å². The van der Waals surface area contributed by atoms with E-state index in [2.05, 4.69) is 12.1 Å². The number of carbonyl (C=O) groups excluding carboxylic acids is 1. The summed E-state index contributed by atoms with van der Waals surface area (Å²) in [5.74, 6) is 0.976. The highest BCUT2D eigenvalue weighted by Gasteiger charge is 2.23. The lowest BCUT2D eigenvalue weighted by Gasteiger charge is -2.24. The molecule has 0 N–H and O–H groups in total. The van der Waals surface area contributed by atoms with Crippen molar-refractivity contribution in [2.75, 3.05) is 13.1 Å². The highest BCUT2D eigenvalue weighted by molar-refractivity contribution is 5.80. The standard InChI is InChI=1S/C18H25NO2/c1-14(18(20)19-11-4-2-3-5-12-19)21-17-10-9-15-7-6-8-16(15)13-17/h9-10,13-14H,2-8,11-12H2,1H3/t14-/m1/s1. The van der Waals surface area contributed by atoms with Gasteiger partial charge in [0.15, 0.2) is 6.10 Å². The van der Waals surface area contributed by atoms with Gasteiger partial charge in [-0.3, -0.25) is 4.79 Å². The molecule has 1 fully saturated rings. The van der Waals surface area contributed by atoms with Crippen LogP contribution in [0.4, 0.5) is 0 Å². The lowest BCUT2D eigenvalue weighted by atomic mass is 10.1. The number of likely N-dealkylation sites (tertiary alicyclic amines) is 1. The van der Waals surface area contributed by atoms with Crippen molar-refractivity contribution in [1.29, 1.82) is 0 Å². The van der Waals surface area contributed by atoms with E-state index in [4.69, 9.17) is 4.74 Å². The highest BCUT2D eigenvalue weighted by Crippen LogP contribution is 2.26. The molecule has 0 spiro atoms. The fourth-order valence-electron chi connectivity index (χ4n) is 3.42. The summed E-state index contributed by atoms with van der Waals surface area (Å²) in [7, 11) is 0. The van der Waals surface area contributed by atoms with Crippen LogP contribution in [-0.4, -0.2) is 30.0 Å². The normalized spacial score (nSPS) is 19.8. The van der Waals surface area contributed by atoms with Crippen molar-refractivity contribution >= 4 is 5.91 Å². The van der Waals surface area contributed by atoms with E-state index in [1.165, 1.54) is 36.8 Å². The Morgan fingerprint density at radius 2 is 1.76 bits per heavy atom. The van der Waals surface area contributed by atoms with E-state index in [1.54, 1.807) is 0 Å². The van der Waals surface area contributed by atoms with Crippen LogP contribution in [-0.2, 0) is 17.6 Å². The Bertz CT molecular complexity index is 504. The zero-order valence-electron chi connectivity index (χ0n) is 12.9. The Hall–Kier alpha value is -1.51. The maximum atomic E-state index is 12.5. The number of carbonyl (C=O) groups is 1. The average Bonchev–Trinajstić information content (AvgIpc) is 2.78.